The minimum atomic E-state index is -0.789. The first-order valence-corrected chi connectivity index (χ1v) is 5.60. The zero-order valence-corrected chi connectivity index (χ0v) is 11.5. The Hall–Kier alpha value is -2.12. The molecule has 1 aromatic carbocycles. The highest BCUT2D eigenvalue weighted by Gasteiger charge is 2.17. The maximum atomic E-state index is 11.3. The summed E-state index contributed by atoms with van der Waals surface area (Å²) >= 11 is 0. The van der Waals surface area contributed by atoms with Crippen molar-refractivity contribution in [2.45, 2.75) is 12.5 Å². The van der Waals surface area contributed by atoms with Crippen LogP contribution in [-0.2, 0) is 16.0 Å². The molecule has 7 nitrogen and oxygen atoms in total. The zero-order chi connectivity index (χ0) is 14.0. The van der Waals surface area contributed by atoms with Crippen LogP contribution in [-0.4, -0.2) is 29.0 Å². The third-order valence-corrected chi connectivity index (χ3v) is 2.91. The Morgan fingerprint density at radius 2 is 2.25 bits per heavy atom. The fourth-order valence-electron chi connectivity index (χ4n) is 1.92. The molecule has 3 N–H and O–H groups in total. The molecule has 0 radical (unpaired) electrons. The quantitative estimate of drug-likeness (QED) is 0.505. The molecular formula is C12H14ClN3O4. The summed E-state index contributed by atoms with van der Waals surface area (Å²) in [6.45, 7) is 0. The number of fused-ring (bicyclic) bond motifs is 1. The number of carbonyl (C=O) groups excluding carboxylic acids is 1. The van der Waals surface area contributed by atoms with Gasteiger partial charge >= 0.3 is 5.97 Å². The number of nitrogens with zero attached hydrogens (tertiary/aromatic N) is 1. The summed E-state index contributed by atoms with van der Waals surface area (Å²) in [5, 5.41) is 11.4. The van der Waals surface area contributed by atoms with E-state index in [0.29, 0.717) is 5.39 Å². The van der Waals surface area contributed by atoms with Crippen molar-refractivity contribution in [2.75, 3.05) is 7.11 Å². The van der Waals surface area contributed by atoms with Crippen molar-refractivity contribution in [1.82, 2.24) is 4.98 Å². The maximum absolute atomic E-state index is 11.3. The number of methoxy groups -OCH3 is 1. The molecule has 1 atom stereocenters. The number of non-ortho nitro benzene ring substituents is 1. The first kappa shape index (κ1) is 15.9. The maximum Gasteiger partial charge on any atom is 0.322 e. The van der Waals surface area contributed by atoms with Crippen molar-refractivity contribution >= 4 is 35.0 Å². The predicted molar refractivity (Wildman–Crippen MR) is 75.9 cm³/mol. The molecule has 2 rings (SSSR count). The van der Waals surface area contributed by atoms with Crippen LogP contribution in [0, 0.1) is 10.1 Å². The third kappa shape index (κ3) is 3.06. The van der Waals surface area contributed by atoms with Gasteiger partial charge in [-0.05, 0) is 11.6 Å². The monoisotopic (exact) mass is 299 g/mol. The largest absolute Gasteiger partial charge is 0.468 e. The normalized spacial score (nSPS) is 11.7. The van der Waals surface area contributed by atoms with Crippen LogP contribution in [0.1, 0.15) is 5.56 Å². The van der Waals surface area contributed by atoms with Crippen LogP contribution in [0.5, 0.6) is 0 Å². The molecule has 0 saturated heterocycles. The van der Waals surface area contributed by atoms with Crippen LogP contribution in [0.15, 0.2) is 24.4 Å². The van der Waals surface area contributed by atoms with E-state index in [2.05, 4.69) is 9.72 Å². The Kier molecular flexibility index (Phi) is 5.06. The van der Waals surface area contributed by atoms with E-state index < -0.39 is 16.9 Å². The molecule has 2 aromatic rings. The summed E-state index contributed by atoms with van der Waals surface area (Å²) in [5.41, 5.74) is 7.19. The highest BCUT2D eigenvalue weighted by atomic mass is 35.5. The fraction of sp³-hybridized carbons (Fsp3) is 0.250. The summed E-state index contributed by atoms with van der Waals surface area (Å²) in [6, 6.07) is 3.72. The van der Waals surface area contributed by atoms with Gasteiger partial charge in [-0.3, -0.25) is 14.9 Å². The van der Waals surface area contributed by atoms with Gasteiger partial charge in [0.2, 0.25) is 0 Å². The fourth-order valence-corrected chi connectivity index (χ4v) is 1.92. The molecule has 0 aliphatic carbocycles. The van der Waals surface area contributed by atoms with Gasteiger partial charge < -0.3 is 15.5 Å². The van der Waals surface area contributed by atoms with Crippen molar-refractivity contribution in [3.63, 3.8) is 0 Å². The van der Waals surface area contributed by atoms with Gasteiger partial charge in [0.25, 0.3) is 5.69 Å². The lowest BCUT2D eigenvalue weighted by Gasteiger charge is -2.07. The minimum Gasteiger partial charge on any atom is -0.468 e. The number of aromatic nitrogens is 1. The lowest BCUT2D eigenvalue weighted by atomic mass is 10.1. The molecular weight excluding hydrogens is 286 g/mol. The average Bonchev–Trinajstić information content (AvgIpc) is 2.80. The number of carbonyl (C=O) groups is 1. The van der Waals surface area contributed by atoms with Gasteiger partial charge in [-0.25, -0.2) is 0 Å². The number of nitro benzene ring substituents is 1. The lowest BCUT2D eigenvalue weighted by molar-refractivity contribution is -0.384. The van der Waals surface area contributed by atoms with Crippen molar-refractivity contribution in [2.24, 2.45) is 5.73 Å². The highest BCUT2D eigenvalue weighted by Crippen LogP contribution is 2.24. The van der Waals surface area contributed by atoms with Gasteiger partial charge in [-0.1, -0.05) is 0 Å². The topological polar surface area (TPSA) is 111 Å². The number of ether oxygens (including phenoxy) is 1. The Labute approximate surface area is 120 Å². The van der Waals surface area contributed by atoms with E-state index in [1.165, 1.54) is 19.2 Å². The van der Waals surface area contributed by atoms with Crippen LogP contribution >= 0.6 is 12.4 Å². The molecule has 20 heavy (non-hydrogen) atoms. The van der Waals surface area contributed by atoms with Crippen molar-refractivity contribution < 1.29 is 14.5 Å². The molecule has 1 heterocycles. The lowest BCUT2D eigenvalue weighted by Crippen LogP contribution is -2.33. The second-order valence-electron chi connectivity index (χ2n) is 4.13. The van der Waals surface area contributed by atoms with E-state index in [0.717, 1.165) is 11.1 Å². The van der Waals surface area contributed by atoms with Gasteiger partial charge in [0, 0.05) is 35.7 Å². The molecule has 108 valence electrons. The first-order chi connectivity index (χ1) is 9.02. The van der Waals surface area contributed by atoms with Crippen LogP contribution in [0.4, 0.5) is 5.69 Å². The standard InChI is InChI=1S/C12H13N3O4.ClH/c1-19-12(16)10(13)4-7-6-14-11-3-2-8(15(17)18)5-9(7)11;/h2-3,5-6,10,14H,4,13H2,1H3;1H. The van der Waals surface area contributed by atoms with Gasteiger partial charge in [0.1, 0.15) is 6.04 Å². The molecule has 1 aromatic heterocycles. The first-order valence-electron chi connectivity index (χ1n) is 5.60. The number of H-pyrrole nitrogens is 1. The Morgan fingerprint density at radius 1 is 1.55 bits per heavy atom. The van der Waals surface area contributed by atoms with E-state index in [4.69, 9.17) is 5.73 Å². The van der Waals surface area contributed by atoms with E-state index in [-0.39, 0.29) is 24.5 Å². The smallest absolute Gasteiger partial charge is 0.322 e. The Balaban J connectivity index is 0.00000200. The van der Waals surface area contributed by atoms with E-state index in [1.807, 2.05) is 0 Å². The van der Waals surface area contributed by atoms with E-state index in [9.17, 15) is 14.9 Å². The SMILES string of the molecule is COC(=O)C(N)Cc1c[nH]c2ccc([N+](=O)[O-])cc12.Cl. The molecule has 0 spiro atoms. The number of esters is 1. The third-order valence-electron chi connectivity index (χ3n) is 2.91. The van der Waals surface area contributed by atoms with Crippen LogP contribution < -0.4 is 5.73 Å². The highest BCUT2D eigenvalue weighted by molar-refractivity contribution is 5.86. The molecule has 0 fully saturated rings. The van der Waals surface area contributed by atoms with Crippen molar-refractivity contribution in [3.05, 3.63) is 40.1 Å². The van der Waals surface area contributed by atoms with E-state index >= 15 is 0 Å². The molecule has 0 aliphatic heterocycles. The van der Waals surface area contributed by atoms with Crippen LogP contribution in [0.3, 0.4) is 0 Å². The van der Waals surface area contributed by atoms with Crippen molar-refractivity contribution in [3.8, 4) is 0 Å². The number of nitrogens with one attached hydrogen (secondary N) is 1. The zero-order valence-electron chi connectivity index (χ0n) is 10.7. The van der Waals surface area contributed by atoms with Crippen molar-refractivity contribution in [1.29, 1.82) is 0 Å². The minimum absolute atomic E-state index is 0. The molecule has 1 unspecified atom stereocenters. The van der Waals surface area contributed by atoms with Gasteiger partial charge in [-0.15, -0.1) is 12.4 Å². The number of hydrogen-bond acceptors (Lipinski definition) is 5. The van der Waals surface area contributed by atoms with Gasteiger partial charge in [0.05, 0.1) is 12.0 Å². The van der Waals surface area contributed by atoms with E-state index in [1.54, 1.807) is 12.3 Å². The number of benzene rings is 1. The van der Waals surface area contributed by atoms with Gasteiger partial charge in [0.15, 0.2) is 0 Å². The molecule has 0 aliphatic rings. The molecule has 0 bridgehead atoms. The second-order valence-corrected chi connectivity index (χ2v) is 4.13. The number of rotatable bonds is 4. The van der Waals surface area contributed by atoms with Crippen LogP contribution in [0.25, 0.3) is 10.9 Å². The van der Waals surface area contributed by atoms with Crippen LogP contribution in [0.2, 0.25) is 0 Å². The number of halogens is 1. The molecule has 0 saturated carbocycles. The summed E-state index contributed by atoms with van der Waals surface area (Å²) in [5.74, 6) is -0.514. The number of nitrogens with two attached hydrogens (primary N) is 1. The number of aromatic amines is 1. The Bertz CT molecular complexity index is 641. The number of nitro groups is 1. The Morgan fingerprint density at radius 3 is 2.85 bits per heavy atom. The summed E-state index contributed by atoms with van der Waals surface area (Å²) in [6.07, 6.45) is 1.95. The van der Waals surface area contributed by atoms with Gasteiger partial charge in [-0.2, -0.15) is 0 Å². The summed E-state index contributed by atoms with van der Waals surface area (Å²) in [4.78, 5) is 24.6. The summed E-state index contributed by atoms with van der Waals surface area (Å²) in [7, 11) is 1.27. The second kappa shape index (κ2) is 6.36. The molecule has 8 heteroatoms. The predicted octanol–water partition coefficient (Wildman–Crippen LogP) is 1.54. The summed E-state index contributed by atoms with van der Waals surface area (Å²) < 4.78 is 4.55. The average molecular weight is 300 g/mol. The number of hydrogen-bond donors (Lipinski definition) is 2. The molecule has 0 amide bonds.